The van der Waals surface area contributed by atoms with Gasteiger partial charge in [-0.1, -0.05) is 12.1 Å². The molecule has 0 radical (unpaired) electrons. The third-order valence-corrected chi connectivity index (χ3v) is 3.50. The van der Waals surface area contributed by atoms with E-state index in [1.807, 2.05) is 18.8 Å². The molecule has 3 nitrogen and oxygen atoms in total. The number of ether oxygens (including phenoxy) is 1. The first-order valence-corrected chi connectivity index (χ1v) is 6.83. The third-order valence-electron chi connectivity index (χ3n) is 2.74. The standard InChI is InChI=1S/C14H18N2OS/c1-10-4-12(6-15-3)5-11(2)14(10)17-8-13-7-16-9-18-13/h4-5,7,9,15H,6,8H2,1-3H3. The molecule has 0 aliphatic heterocycles. The molecule has 1 aromatic carbocycles. The van der Waals surface area contributed by atoms with E-state index in [2.05, 4.69) is 36.3 Å². The Bertz CT molecular complexity index is 486. The average molecular weight is 262 g/mol. The molecule has 96 valence electrons. The molecule has 0 aliphatic carbocycles. The first kappa shape index (κ1) is 13.1. The first-order valence-electron chi connectivity index (χ1n) is 5.95. The van der Waals surface area contributed by atoms with E-state index in [1.54, 1.807) is 11.3 Å². The summed E-state index contributed by atoms with van der Waals surface area (Å²) in [4.78, 5) is 5.19. The van der Waals surface area contributed by atoms with Gasteiger partial charge >= 0.3 is 0 Å². The van der Waals surface area contributed by atoms with E-state index in [4.69, 9.17) is 4.74 Å². The lowest BCUT2D eigenvalue weighted by molar-refractivity contribution is 0.305. The van der Waals surface area contributed by atoms with Crippen LogP contribution >= 0.6 is 11.3 Å². The van der Waals surface area contributed by atoms with Gasteiger partial charge < -0.3 is 10.1 Å². The number of hydrogen-bond acceptors (Lipinski definition) is 4. The predicted octanol–water partition coefficient (Wildman–Crippen LogP) is 3.06. The average Bonchev–Trinajstić information content (AvgIpc) is 2.81. The van der Waals surface area contributed by atoms with Crippen LogP contribution in [0.2, 0.25) is 0 Å². The molecule has 1 aromatic heterocycles. The van der Waals surface area contributed by atoms with Crippen molar-refractivity contribution in [3.8, 4) is 5.75 Å². The first-order chi connectivity index (χ1) is 8.70. The quantitative estimate of drug-likeness (QED) is 0.899. The molecule has 18 heavy (non-hydrogen) atoms. The molecule has 2 rings (SSSR count). The Morgan fingerprint density at radius 3 is 2.56 bits per heavy atom. The van der Waals surface area contributed by atoms with Crippen LogP contribution in [-0.4, -0.2) is 12.0 Å². The zero-order valence-electron chi connectivity index (χ0n) is 11.0. The van der Waals surface area contributed by atoms with E-state index >= 15 is 0 Å². The van der Waals surface area contributed by atoms with Crippen LogP contribution < -0.4 is 10.1 Å². The van der Waals surface area contributed by atoms with Crippen molar-refractivity contribution in [2.24, 2.45) is 0 Å². The van der Waals surface area contributed by atoms with Crippen molar-refractivity contribution >= 4 is 11.3 Å². The van der Waals surface area contributed by atoms with Gasteiger partial charge in [0.1, 0.15) is 12.4 Å². The van der Waals surface area contributed by atoms with Crippen molar-refractivity contribution in [3.63, 3.8) is 0 Å². The van der Waals surface area contributed by atoms with E-state index in [0.29, 0.717) is 6.61 Å². The minimum atomic E-state index is 0.595. The van der Waals surface area contributed by atoms with E-state index in [1.165, 1.54) is 16.7 Å². The normalized spacial score (nSPS) is 10.6. The molecule has 1 heterocycles. The van der Waals surface area contributed by atoms with Gasteiger partial charge in [-0.3, -0.25) is 4.98 Å². The van der Waals surface area contributed by atoms with Crippen molar-refractivity contribution in [2.75, 3.05) is 7.05 Å². The van der Waals surface area contributed by atoms with Crippen LogP contribution in [0.15, 0.2) is 23.8 Å². The second-order valence-corrected chi connectivity index (χ2v) is 5.32. The fourth-order valence-electron chi connectivity index (χ4n) is 2.03. The summed E-state index contributed by atoms with van der Waals surface area (Å²) < 4.78 is 5.90. The molecule has 4 heteroatoms. The zero-order chi connectivity index (χ0) is 13.0. The minimum absolute atomic E-state index is 0.595. The molecular formula is C14H18N2OS. The van der Waals surface area contributed by atoms with Crippen LogP contribution in [0, 0.1) is 13.8 Å². The lowest BCUT2D eigenvalue weighted by Crippen LogP contribution is -2.06. The lowest BCUT2D eigenvalue weighted by Gasteiger charge is -2.13. The molecule has 0 atom stereocenters. The summed E-state index contributed by atoms with van der Waals surface area (Å²) in [6.07, 6.45) is 1.85. The van der Waals surface area contributed by atoms with Crippen molar-refractivity contribution in [3.05, 3.63) is 45.4 Å². The summed E-state index contributed by atoms with van der Waals surface area (Å²) in [6, 6.07) is 4.34. The Hall–Kier alpha value is -1.39. The van der Waals surface area contributed by atoms with Gasteiger partial charge in [-0.25, -0.2) is 0 Å². The van der Waals surface area contributed by atoms with Crippen LogP contribution in [0.25, 0.3) is 0 Å². The van der Waals surface area contributed by atoms with E-state index in [0.717, 1.165) is 17.2 Å². The Balaban J connectivity index is 2.12. The molecule has 0 amide bonds. The summed E-state index contributed by atoms with van der Waals surface area (Å²) >= 11 is 1.62. The Labute approximate surface area is 112 Å². The number of hydrogen-bond donors (Lipinski definition) is 1. The zero-order valence-corrected chi connectivity index (χ0v) is 11.8. The van der Waals surface area contributed by atoms with Crippen molar-refractivity contribution < 1.29 is 4.74 Å². The minimum Gasteiger partial charge on any atom is -0.487 e. The summed E-state index contributed by atoms with van der Waals surface area (Å²) in [5.41, 5.74) is 5.49. The maximum Gasteiger partial charge on any atom is 0.125 e. The monoisotopic (exact) mass is 262 g/mol. The number of nitrogens with one attached hydrogen (secondary N) is 1. The Kier molecular flexibility index (Phi) is 4.33. The van der Waals surface area contributed by atoms with Crippen LogP contribution in [0.3, 0.4) is 0 Å². The van der Waals surface area contributed by atoms with Gasteiger partial charge in [0.25, 0.3) is 0 Å². The smallest absolute Gasteiger partial charge is 0.125 e. The van der Waals surface area contributed by atoms with Crippen LogP contribution in [-0.2, 0) is 13.2 Å². The topological polar surface area (TPSA) is 34.1 Å². The number of nitrogens with zero attached hydrogens (tertiary/aromatic N) is 1. The summed E-state index contributed by atoms with van der Waals surface area (Å²) in [7, 11) is 1.96. The largest absolute Gasteiger partial charge is 0.487 e. The van der Waals surface area contributed by atoms with E-state index < -0.39 is 0 Å². The molecule has 0 bridgehead atoms. The molecular weight excluding hydrogens is 244 g/mol. The molecule has 0 saturated carbocycles. The summed E-state index contributed by atoms with van der Waals surface area (Å²) in [6.45, 7) is 5.66. The molecule has 0 spiro atoms. The molecule has 0 aliphatic rings. The van der Waals surface area contributed by atoms with Gasteiger partial charge in [0.05, 0.1) is 10.4 Å². The Morgan fingerprint density at radius 1 is 1.28 bits per heavy atom. The molecule has 0 fully saturated rings. The molecule has 2 aromatic rings. The van der Waals surface area contributed by atoms with Gasteiger partial charge in [-0.2, -0.15) is 0 Å². The second kappa shape index (κ2) is 5.98. The fourth-order valence-corrected chi connectivity index (χ4v) is 2.54. The second-order valence-electron chi connectivity index (χ2n) is 4.35. The third kappa shape index (κ3) is 3.09. The molecule has 0 saturated heterocycles. The summed E-state index contributed by atoms with van der Waals surface area (Å²) in [5.74, 6) is 0.989. The van der Waals surface area contributed by atoms with E-state index in [9.17, 15) is 0 Å². The highest BCUT2D eigenvalue weighted by atomic mass is 32.1. The highest BCUT2D eigenvalue weighted by Crippen LogP contribution is 2.26. The van der Waals surface area contributed by atoms with Gasteiger partial charge in [0.2, 0.25) is 0 Å². The van der Waals surface area contributed by atoms with Gasteiger partial charge in [0.15, 0.2) is 0 Å². The van der Waals surface area contributed by atoms with Gasteiger partial charge in [-0.05, 0) is 37.6 Å². The maximum atomic E-state index is 5.90. The van der Waals surface area contributed by atoms with Crippen LogP contribution in [0.1, 0.15) is 21.6 Å². The number of thiazole rings is 1. The Morgan fingerprint density at radius 2 is 2.00 bits per heavy atom. The lowest BCUT2D eigenvalue weighted by atomic mass is 10.1. The van der Waals surface area contributed by atoms with Gasteiger partial charge in [0, 0.05) is 12.7 Å². The number of rotatable bonds is 5. The molecule has 0 unspecified atom stereocenters. The fraction of sp³-hybridized carbons (Fsp3) is 0.357. The highest BCUT2D eigenvalue weighted by molar-refractivity contribution is 7.09. The van der Waals surface area contributed by atoms with Crippen molar-refractivity contribution in [1.82, 2.24) is 10.3 Å². The van der Waals surface area contributed by atoms with E-state index in [-0.39, 0.29) is 0 Å². The maximum absolute atomic E-state index is 5.90. The predicted molar refractivity (Wildman–Crippen MR) is 75.1 cm³/mol. The number of aryl methyl sites for hydroxylation is 2. The van der Waals surface area contributed by atoms with Crippen molar-refractivity contribution in [2.45, 2.75) is 27.0 Å². The van der Waals surface area contributed by atoms with Crippen molar-refractivity contribution in [1.29, 1.82) is 0 Å². The number of benzene rings is 1. The number of aromatic nitrogens is 1. The summed E-state index contributed by atoms with van der Waals surface area (Å²) in [5, 5.41) is 3.16. The van der Waals surface area contributed by atoms with Gasteiger partial charge in [-0.15, -0.1) is 11.3 Å². The van der Waals surface area contributed by atoms with Crippen LogP contribution in [0.4, 0.5) is 0 Å². The van der Waals surface area contributed by atoms with Crippen LogP contribution in [0.5, 0.6) is 5.75 Å². The highest BCUT2D eigenvalue weighted by Gasteiger charge is 2.07. The SMILES string of the molecule is CNCc1cc(C)c(OCc2cncs2)c(C)c1. The molecule has 1 N–H and O–H groups in total.